The second-order valence-corrected chi connectivity index (χ2v) is 7.57. The second-order valence-electron chi connectivity index (χ2n) is 7.16. The molecule has 0 saturated carbocycles. The predicted octanol–water partition coefficient (Wildman–Crippen LogP) is 3.26. The van der Waals surface area contributed by atoms with Gasteiger partial charge in [0.1, 0.15) is 18.0 Å². The van der Waals surface area contributed by atoms with E-state index in [9.17, 15) is 15.3 Å². The molecular formula is C22H27ClO5. The molecule has 1 heterocycles. The largest absolute Gasteiger partial charge is 0.494 e. The zero-order valence-corrected chi connectivity index (χ0v) is 16.7. The van der Waals surface area contributed by atoms with Crippen LogP contribution in [0.2, 0.25) is 5.02 Å². The predicted molar refractivity (Wildman–Crippen MR) is 108 cm³/mol. The molecule has 3 unspecified atom stereocenters. The van der Waals surface area contributed by atoms with E-state index in [1.54, 1.807) is 0 Å². The standard InChI is InChI=1S/C22H27ClO5/c1-2-9-27-17-6-3-14(4-7-17)10-16-11-15(5-8-18(16)23)20-12-19(25)22(26)21(13-24)28-20/h3-8,11,19-22,24-26H,2,9-10,12-13H2,1H3/t19?,20?,21?,22-/m0/s1. The molecule has 4 atom stereocenters. The van der Waals surface area contributed by atoms with Crippen molar-refractivity contribution in [1.29, 1.82) is 0 Å². The van der Waals surface area contributed by atoms with Crippen molar-refractivity contribution in [2.45, 2.75) is 50.6 Å². The summed E-state index contributed by atoms with van der Waals surface area (Å²) in [4.78, 5) is 0. The van der Waals surface area contributed by atoms with Gasteiger partial charge in [0.25, 0.3) is 0 Å². The zero-order valence-electron chi connectivity index (χ0n) is 15.9. The molecule has 3 rings (SSSR count). The molecule has 6 heteroatoms. The molecule has 28 heavy (non-hydrogen) atoms. The molecule has 1 fully saturated rings. The molecule has 1 aliphatic rings. The summed E-state index contributed by atoms with van der Waals surface area (Å²) in [5, 5.41) is 30.0. The van der Waals surface area contributed by atoms with E-state index in [-0.39, 0.29) is 13.0 Å². The van der Waals surface area contributed by atoms with Crippen molar-refractivity contribution >= 4 is 11.6 Å². The molecule has 3 N–H and O–H groups in total. The van der Waals surface area contributed by atoms with Gasteiger partial charge in [-0.2, -0.15) is 0 Å². The van der Waals surface area contributed by atoms with Gasteiger partial charge in [-0.15, -0.1) is 0 Å². The Labute approximate surface area is 170 Å². The van der Waals surface area contributed by atoms with Gasteiger partial charge in [0.15, 0.2) is 0 Å². The minimum Gasteiger partial charge on any atom is -0.494 e. The smallest absolute Gasteiger partial charge is 0.119 e. The second kappa shape index (κ2) is 9.72. The molecule has 0 aliphatic carbocycles. The fourth-order valence-corrected chi connectivity index (χ4v) is 3.58. The van der Waals surface area contributed by atoms with Crippen LogP contribution in [0, 0.1) is 0 Å². The van der Waals surface area contributed by atoms with E-state index in [0.29, 0.717) is 18.1 Å². The van der Waals surface area contributed by atoms with Crippen molar-refractivity contribution in [2.75, 3.05) is 13.2 Å². The lowest BCUT2D eigenvalue weighted by Gasteiger charge is -2.36. The van der Waals surface area contributed by atoms with Crippen LogP contribution in [0.1, 0.15) is 42.6 Å². The van der Waals surface area contributed by atoms with Gasteiger partial charge in [0.2, 0.25) is 0 Å². The first-order valence-electron chi connectivity index (χ1n) is 9.64. The molecule has 0 bridgehead atoms. The van der Waals surface area contributed by atoms with Crippen molar-refractivity contribution in [3.8, 4) is 5.75 Å². The minimum atomic E-state index is -1.08. The van der Waals surface area contributed by atoms with Crippen LogP contribution < -0.4 is 4.74 Å². The molecular weight excluding hydrogens is 380 g/mol. The molecule has 0 aromatic heterocycles. The van der Waals surface area contributed by atoms with Gasteiger partial charge in [0, 0.05) is 11.4 Å². The summed E-state index contributed by atoms with van der Waals surface area (Å²) in [6.45, 7) is 2.42. The fourth-order valence-electron chi connectivity index (χ4n) is 3.39. The van der Waals surface area contributed by atoms with E-state index >= 15 is 0 Å². The lowest BCUT2D eigenvalue weighted by molar-refractivity contribution is -0.181. The summed E-state index contributed by atoms with van der Waals surface area (Å²) in [5.74, 6) is 0.851. The summed E-state index contributed by atoms with van der Waals surface area (Å²) >= 11 is 6.40. The highest BCUT2D eigenvalue weighted by molar-refractivity contribution is 6.31. The van der Waals surface area contributed by atoms with Gasteiger partial charge >= 0.3 is 0 Å². The highest BCUT2D eigenvalue weighted by Gasteiger charge is 2.37. The average molecular weight is 407 g/mol. The maximum Gasteiger partial charge on any atom is 0.119 e. The van der Waals surface area contributed by atoms with Crippen LogP contribution in [-0.4, -0.2) is 46.8 Å². The first kappa shape index (κ1) is 21.1. The Hall–Kier alpha value is -1.63. The lowest BCUT2D eigenvalue weighted by atomic mass is 9.92. The molecule has 1 saturated heterocycles. The first-order chi connectivity index (χ1) is 13.5. The summed E-state index contributed by atoms with van der Waals surface area (Å²) in [6.07, 6.45) is -1.34. The molecule has 2 aromatic carbocycles. The number of hydrogen-bond acceptors (Lipinski definition) is 5. The summed E-state index contributed by atoms with van der Waals surface area (Å²) in [5.41, 5.74) is 2.93. The number of benzene rings is 2. The van der Waals surface area contributed by atoms with Crippen molar-refractivity contribution in [3.63, 3.8) is 0 Å². The third-order valence-corrected chi connectivity index (χ3v) is 5.35. The van der Waals surface area contributed by atoms with Crippen LogP contribution in [0.25, 0.3) is 0 Å². The topological polar surface area (TPSA) is 79.2 Å². The van der Waals surface area contributed by atoms with Gasteiger partial charge < -0.3 is 24.8 Å². The third-order valence-electron chi connectivity index (χ3n) is 4.98. The number of aliphatic hydroxyl groups is 3. The molecule has 5 nitrogen and oxygen atoms in total. The quantitative estimate of drug-likeness (QED) is 0.657. The van der Waals surface area contributed by atoms with Crippen LogP contribution in [0.4, 0.5) is 0 Å². The highest BCUT2D eigenvalue weighted by atomic mass is 35.5. The van der Waals surface area contributed by atoms with E-state index in [1.165, 1.54) is 0 Å². The molecule has 0 spiro atoms. The van der Waals surface area contributed by atoms with Crippen molar-refractivity contribution in [2.24, 2.45) is 0 Å². The summed E-state index contributed by atoms with van der Waals surface area (Å²) in [6, 6.07) is 13.6. The number of rotatable bonds is 7. The van der Waals surface area contributed by atoms with Gasteiger partial charge in [-0.05, 0) is 47.7 Å². The average Bonchev–Trinajstić information content (AvgIpc) is 2.71. The van der Waals surface area contributed by atoms with E-state index in [1.807, 2.05) is 42.5 Å². The van der Waals surface area contributed by atoms with Crippen LogP contribution in [0.5, 0.6) is 5.75 Å². The number of aliphatic hydroxyl groups excluding tert-OH is 3. The Bertz CT molecular complexity index is 764. The van der Waals surface area contributed by atoms with Crippen molar-refractivity contribution < 1.29 is 24.8 Å². The molecule has 0 amide bonds. The molecule has 2 aromatic rings. The van der Waals surface area contributed by atoms with E-state index in [4.69, 9.17) is 21.1 Å². The van der Waals surface area contributed by atoms with Crippen LogP contribution in [0.3, 0.4) is 0 Å². The van der Waals surface area contributed by atoms with Gasteiger partial charge in [0.05, 0.1) is 25.4 Å². The van der Waals surface area contributed by atoms with Crippen LogP contribution >= 0.6 is 11.6 Å². The fraction of sp³-hybridized carbons (Fsp3) is 0.455. The Balaban J connectivity index is 1.74. The van der Waals surface area contributed by atoms with Crippen LogP contribution in [-0.2, 0) is 11.2 Å². The Morgan fingerprint density at radius 1 is 1.14 bits per heavy atom. The number of halogens is 1. The van der Waals surface area contributed by atoms with E-state index in [2.05, 4.69) is 6.92 Å². The third kappa shape index (κ3) is 5.04. The highest BCUT2D eigenvalue weighted by Crippen LogP contribution is 2.34. The maximum atomic E-state index is 10.1. The van der Waals surface area contributed by atoms with E-state index in [0.717, 1.165) is 28.9 Å². The lowest BCUT2D eigenvalue weighted by Crippen LogP contribution is -2.47. The number of hydrogen-bond donors (Lipinski definition) is 3. The van der Waals surface area contributed by atoms with Gasteiger partial charge in [-0.25, -0.2) is 0 Å². The Morgan fingerprint density at radius 2 is 1.89 bits per heavy atom. The summed E-state index contributed by atoms with van der Waals surface area (Å²) < 4.78 is 11.4. The SMILES string of the molecule is CCCOc1ccc(Cc2cc(C3CC(O)[C@H](O)C(CO)O3)ccc2Cl)cc1. The van der Waals surface area contributed by atoms with Crippen LogP contribution in [0.15, 0.2) is 42.5 Å². The summed E-state index contributed by atoms with van der Waals surface area (Å²) in [7, 11) is 0. The first-order valence-corrected chi connectivity index (χ1v) is 10.0. The van der Waals surface area contributed by atoms with Gasteiger partial charge in [-0.1, -0.05) is 42.8 Å². The van der Waals surface area contributed by atoms with E-state index < -0.39 is 24.4 Å². The molecule has 1 aliphatic heterocycles. The van der Waals surface area contributed by atoms with Crippen molar-refractivity contribution in [1.82, 2.24) is 0 Å². The van der Waals surface area contributed by atoms with Crippen molar-refractivity contribution in [3.05, 3.63) is 64.2 Å². The molecule has 152 valence electrons. The Kier molecular flexibility index (Phi) is 7.32. The monoisotopic (exact) mass is 406 g/mol. The number of ether oxygens (including phenoxy) is 2. The molecule has 0 radical (unpaired) electrons. The minimum absolute atomic E-state index is 0.266. The maximum absolute atomic E-state index is 10.1. The Morgan fingerprint density at radius 3 is 2.57 bits per heavy atom. The normalized spacial score (nSPS) is 24.9. The van der Waals surface area contributed by atoms with Gasteiger partial charge in [-0.3, -0.25) is 0 Å². The zero-order chi connectivity index (χ0) is 20.1.